The second kappa shape index (κ2) is 7.32. The van der Waals surface area contributed by atoms with E-state index in [1.54, 1.807) is 18.2 Å². The maximum absolute atomic E-state index is 13.5. The van der Waals surface area contributed by atoms with E-state index in [1.165, 1.54) is 12.1 Å². The maximum atomic E-state index is 13.5. The van der Waals surface area contributed by atoms with E-state index in [4.69, 9.17) is 12.2 Å². The highest BCUT2D eigenvalue weighted by Gasteiger charge is 2.40. The number of nitrogens with zero attached hydrogens (tertiary/aromatic N) is 2. The van der Waals surface area contributed by atoms with E-state index in [1.807, 2.05) is 20.8 Å². The van der Waals surface area contributed by atoms with Gasteiger partial charge in [0.05, 0.1) is 17.4 Å². The summed E-state index contributed by atoms with van der Waals surface area (Å²) in [6.45, 7) is 5.53. The van der Waals surface area contributed by atoms with Gasteiger partial charge in [0, 0.05) is 5.54 Å². The molecule has 0 aliphatic rings. The van der Waals surface area contributed by atoms with Crippen LogP contribution in [0.25, 0.3) is 5.69 Å². The number of hydrazine groups is 1. The number of hydrogen-bond acceptors (Lipinski definition) is 3. The Morgan fingerprint density at radius 1 is 1.12 bits per heavy atom. The molecule has 2 aromatic rings. The van der Waals surface area contributed by atoms with Gasteiger partial charge < -0.3 is 5.32 Å². The van der Waals surface area contributed by atoms with Gasteiger partial charge in [-0.2, -0.15) is 18.3 Å². The first-order valence-corrected chi connectivity index (χ1v) is 7.99. The summed E-state index contributed by atoms with van der Waals surface area (Å²) in [7, 11) is 0. The lowest BCUT2D eigenvalue weighted by molar-refractivity contribution is -0.143. The van der Waals surface area contributed by atoms with Crippen molar-refractivity contribution in [1.29, 1.82) is 0 Å². The lowest BCUT2D eigenvalue weighted by Gasteiger charge is -2.23. The number of thiocarbonyl (C=S) groups is 1. The standard InChI is InChI=1S/C16H18F3N5OS/c1-15(2,3)21-14(26)23-22-13(25)11-9-20-24(12(11)16(17,18)19)10-7-5-4-6-8-10/h4-9H,1-3H3,(H,22,25)(H2,21,23,26). The summed E-state index contributed by atoms with van der Waals surface area (Å²) < 4.78 is 41.2. The highest BCUT2D eigenvalue weighted by Crippen LogP contribution is 2.33. The summed E-state index contributed by atoms with van der Waals surface area (Å²) >= 11 is 4.98. The van der Waals surface area contributed by atoms with Crippen LogP contribution in [0.3, 0.4) is 0 Å². The fourth-order valence-electron chi connectivity index (χ4n) is 2.11. The van der Waals surface area contributed by atoms with Crippen LogP contribution in [0.4, 0.5) is 13.2 Å². The zero-order valence-corrected chi connectivity index (χ0v) is 15.1. The average molecular weight is 385 g/mol. The maximum Gasteiger partial charge on any atom is 0.434 e. The van der Waals surface area contributed by atoms with Gasteiger partial charge in [0.25, 0.3) is 5.91 Å². The minimum atomic E-state index is -4.77. The number of para-hydroxylation sites is 1. The van der Waals surface area contributed by atoms with Crippen LogP contribution in [0.1, 0.15) is 36.8 Å². The van der Waals surface area contributed by atoms with Crippen molar-refractivity contribution in [3.05, 3.63) is 47.8 Å². The molecule has 0 aliphatic carbocycles. The van der Waals surface area contributed by atoms with Crippen LogP contribution >= 0.6 is 12.2 Å². The Morgan fingerprint density at radius 3 is 2.27 bits per heavy atom. The molecule has 1 amide bonds. The van der Waals surface area contributed by atoms with E-state index >= 15 is 0 Å². The van der Waals surface area contributed by atoms with Crippen LogP contribution < -0.4 is 16.2 Å². The largest absolute Gasteiger partial charge is 0.434 e. The summed E-state index contributed by atoms with van der Waals surface area (Å²) in [5, 5.41) is 6.66. The number of nitrogens with one attached hydrogen (secondary N) is 3. The Bertz CT molecular complexity index is 796. The summed E-state index contributed by atoms with van der Waals surface area (Å²) in [5.41, 5.74) is 2.57. The SMILES string of the molecule is CC(C)(C)NC(=S)NNC(=O)c1cnn(-c2ccccc2)c1C(F)(F)F. The number of halogens is 3. The van der Waals surface area contributed by atoms with Crippen molar-refractivity contribution in [3.8, 4) is 5.69 Å². The van der Waals surface area contributed by atoms with Gasteiger partial charge in [-0.15, -0.1) is 0 Å². The molecule has 0 saturated heterocycles. The van der Waals surface area contributed by atoms with Crippen LogP contribution in [-0.2, 0) is 6.18 Å². The molecule has 2 rings (SSSR count). The third-order valence-electron chi connectivity index (χ3n) is 3.06. The average Bonchev–Trinajstić information content (AvgIpc) is 2.97. The van der Waals surface area contributed by atoms with Crippen molar-refractivity contribution in [2.45, 2.75) is 32.5 Å². The number of benzene rings is 1. The molecule has 0 spiro atoms. The molecular formula is C16H18F3N5OS. The van der Waals surface area contributed by atoms with E-state index in [9.17, 15) is 18.0 Å². The van der Waals surface area contributed by atoms with Gasteiger partial charge in [0.15, 0.2) is 10.8 Å². The van der Waals surface area contributed by atoms with Crippen molar-refractivity contribution in [2.75, 3.05) is 0 Å². The second-order valence-corrected chi connectivity index (χ2v) is 6.84. The first-order valence-electron chi connectivity index (χ1n) is 7.58. The Morgan fingerprint density at radius 2 is 1.73 bits per heavy atom. The topological polar surface area (TPSA) is 71.0 Å². The number of carbonyl (C=O) groups excluding carboxylic acids is 1. The Labute approximate surface area is 153 Å². The van der Waals surface area contributed by atoms with Gasteiger partial charge in [0.1, 0.15) is 0 Å². The van der Waals surface area contributed by atoms with E-state index < -0.39 is 23.3 Å². The lowest BCUT2D eigenvalue weighted by atomic mass is 10.1. The zero-order chi connectivity index (χ0) is 19.5. The monoisotopic (exact) mass is 385 g/mol. The smallest absolute Gasteiger partial charge is 0.357 e. The molecule has 0 radical (unpaired) electrons. The molecule has 1 heterocycles. The molecule has 3 N–H and O–H groups in total. The highest BCUT2D eigenvalue weighted by molar-refractivity contribution is 7.80. The molecule has 6 nitrogen and oxygen atoms in total. The van der Waals surface area contributed by atoms with E-state index in [-0.39, 0.29) is 16.3 Å². The predicted octanol–water partition coefficient (Wildman–Crippen LogP) is 2.80. The molecule has 140 valence electrons. The van der Waals surface area contributed by atoms with Gasteiger partial charge in [-0.3, -0.25) is 15.6 Å². The van der Waals surface area contributed by atoms with Gasteiger partial charge >= 0.3 is 6.18 Å². The minimum Gasteiger partial charge on any atom is -0.357 e. The first-order chi connectivity index (χ1) is 12.0. The zero-order valence-electron chi connectivity index (χ0n) is 14.3. The second-order valence-electron chi connectivity index (χ2n) is 6.44. The van der Waals surface area contributed by atoms with Gasteiger partial charge in [-0.05, 0) is 45.1 Å². The number of amides is 1. The molecule has 1 aromatic carbocycles. The molecule has 0 aliphatic heterocycles. The van der Waals surface area contributed by atoms with E-state index in [0.717, 1.165) is 6.20 Å². The third-order valence-corrected chi connectivity index (χ3v) is 3.27. The number of carbonyl (C=O) groups is 1. The Balaban J connectivity index is 2.25. The van der Waals surface area contributed by atoms with Gasteiger partial charge in [-0.1, -0.05) is 18.2 Å². The van der Waals surface area contributed by atoms with E-state index in [0.29, 0.717) is 4.68 Å². The molecule has 0 atom stereocenters. The summed E-state index contributed by atoms with van der Waals surface area (Å²) in [6.07, 6.45) is -3.91. The number of aromatic nitrogens is 2. The van der Waals surface area contributed by atoms with E-state index in [2.05, 4.69) is 21.3 Å². The summed E-state index contributed by atoms with van der Waals surface area (Å²) in [6, 6.07) is 7.75. The quantitative estimate of drug-likeness (QED) is 0.548. The van der Waals surface area contributed by atoms with Crippen molar-refractivity contribution >= 4 is 23.2 Å². The molecule has 1 aromatic heterocycles. The Hall–Kier alpha value is -2.62. The molecule has 26 heavy (non-hydrogen) atoms. The lowest BCUT2D eigenvalue weighted by Crippen LogP contribution is -2.52. The first kappa shape index (κ1) is 19.7. The highest BCUT2D eigenvalue weighted by atomic mass is 32.1. The number of rotatable bonds is 2. The van der Waals surface area contributed by atoms with Crippen molar-refractivity contribution < 1.29 is 18.0 Å². The minimum absolute atomic E-state index is 0.0786. The van der Waals surface area contributed by atoms with Crippen LogP contribution in [0.15, 0.2) is 36.5 Å². The molecule has 0 saturated carbocycles. The normalized spacial score (nSPS) is 11.8. The predicted molar refractivity (Wildman–Crippen MR) is 94.7 cm³/mol. The van der Waals surface area contributed by atoms with Crippen LogP contribution in [0.5, 0.6) is 0 Å². The Kier molecular flexibility index (Phi) is 5.55. The number of alkyl halides is 3. The van der Waals surface area contributed by atoms with Gasteiger partial charge in [0.2, 0.25) is 0 Å². The number of hydrogen-bond donors (Lipinski definition) is 3. The third kappa shape index (κ3) is 4.94. The summed E-state index contributed by atoms with van der Waals surface area (Å²) in [4.78, 5) is 12.2. The van der Waals surface area contributed by atoms with Gasteiger partial charge in [-0.25, -0.2) is 4.68 Å². The molecule has 0 fully saturated rings. The molecule has 10 heteroatoms. The fraction of sp³-hybridized carbons (Fsp3) is 0.312. The molecule has 0 unspecified atom stereocenters. The van der Waals surface area contributed by atoms with Crippen molar-refractivity contribution in [2.24, 2.45) is 0 Å². The summed E-state index contributed by atoms with van der Waals surface area (Å²) in [5.74, 6) is -1.00. The van der Waals surface area contributed by atoms with Crippen LogP contribution in [-0.4, -0.2) is 26.3 Å². The molecular weight excluding hydrogens is 367 g/mol. The fourth-order valence-corrected chi connectivity index (χ4v) is 2.46. The van der Waals surface area contributed by atoms with Crippen molar-refractivity contribution in [3.63, 3.8) is 0 Å². The molecule has 0 bridgehead atoms. The van der Waals surface area contributed by atoms with Crippen LogP contribution in [0, 0.1) is 0 Å². The van der Waals surface area contributed by atoms with Crippen LogP contribution in [0.2, 0.25) is 0 Å². The van der Waals surface area contributed by atoms with Crippen molar-refractivity contribution in [1.82, 2.24) is 25.9 Å².